The van der Waals surface area contributed by atoms with Crippen molar-refractivity contribution in [1.29, 1.82) is 0 Å². The van der Waals surface area contributed by atoms with E-state index in [1.54, 1.807) is 18.3 Å². The third-order valence-electron chi connectivity index (χ3n) is 7.19. The highest BCUT2D eigenvalue weighted by molar-refractivity contribution is 5.30. The van der Waals surface area contributed by atoms with Gasteiger partial charge in [-0.1, -0.05) is 61.7 Å². The summed E-state index contributed by atoms with van der Waals surface area (Å²) >= 11 is 0. The second-order valence-corrected chi connectivity index (χ2v) is 10.4. The Morgan fingerprint density at radius 3 is 2.39 bits per heavy atom. The molecule has 2 aromatic carbocycles. The molecule has 0 aliphatic heterocycles. The summed E-state index contributed by atoms with van der Waals surface area (Å²) in [5.41, 5.74) is 0.805. The average molecular weight is 515 g/mol. The number of hydrogen-bond donors (Lipinski definition) is 2. The highest BCUT2D eigenvalue weighted by atomic mass is 35.5. The molecule has 36 heavy (non-hydrogen) atoms. The molecule has 4 rings (SSSR count). The van der Waals surface area contributed by atoms with E-state index in [-0.39, 0.29) is 24.1 Å². The first-order valence-electron chi connectivity index (χ1n) is 12.8. The zero-order valence-electron chi connectivity index (χ0n) is 21.4. The first-order chi connectivity index (χ1) is 16.9. The predicted octanol–water partition coefficient (Wildman–Crippen LogP) is 2.04. The Hall–Kier alpha value is -2.38. The minimum Gasteiger partial charge on any atom is -1.00 e. The van der Waals surface area contributed by atoms with E-state index in [0.717, 1.165) is 55.5 Å². The first kappa shape index (κ1) is 28.2. The highest BCUT2D eigenvalue weighted by Gasteiger charge is 2.44. The molecule has 0 amide bonds. The van der Waals surface area contributed by atoms with Gasteiger partial charge >= 0.3 is 0 Å². The molecule has 7 heteroatoms. The van der Waals surface area contributed by atoms with Crippen molar-refractivity contribution in [2.24, 2.45) is 5.92 Å². The van der Waals surface area contributed by atoms with Crippen molar-refractivity contribution < 1.29 is 36.3 Å². The molecule has 0 unspecified atom stereocenters. The van der Waals surface area contributed by atoms with Gasteiger partial charge in [0.25, 0.3) is 0 Å². The Bertz CT molecular complexity index is 1050. The summed E-state index contributed by atoms with van der Waals surface area (Å²) in [5, 5.41) is 21.4. The number of oxazole rings is 1. The van der Waals surface area contributed by atoms with Gasteiger partial charge in [-0.3, -0.25) is 0 Å². The molecule has 6 nitrogen and oxygen atoms in total. The summed E-state index contributed by atoms with van der Waals surface area (Å²) in [6, 6.07) is 17.1. The molecule has 0 radical (unpaired) electrons. The molecule has 1 fully saturated rings. The minimum absolute atomic E-state index is 0. The number of quaternary nitrogens is 1. The lowest BCUT2D eigenvalue weighted by molar-refractivity contribution is -0.904. The molecule has 1 aliphatic rings. The van der Waals surface area contributed by atoms with Crippen LogP contribution in [0.1, 0.15) is 54.9 Å². The third-order valence-corrected chi connectivity index (χ3v) is 7.19. The zero-order valence-corrected chi connectivity index (χ0v) is 22.2. The van der Waals surface area contributed by atoms with Crippen molar-refractivity contribution in [3.05, 3.63) is 83.6 Å². The van der Waals surface area contributed by atoms with Crippen LogP contribution < -0.4 is 12.4 Å². The fourth-order valence-electron chi connectivity index (χ4n) is 5.07. The first-order valence-corrected chi connectivity index (χ1v) is 12.8. The molecule has 0 spiro atoms. The standard InChI is InChI=1S/C29H38N2O4.ClH/c1-31(2,18-20-34-19-17-23-13-15-26(32)16-14-23)22-27-21-30-28(35-27)29(33,24-9-5-3-6-10-24)25-11-7-4-8-12-25;/h3,5-6,9-10,13-16,21,25,33H,4,7-8,11-12,17-20,22H2,1-2H3;1H/t29-;/m0./s1. The van der Waals surface area contributed by atoms with Gasteiger partial charge in [-0.15, -0.1) is 0 Å². The fraction of sp³-hybridized carbons (Fsp3) is 0.483. The van der Waals surface area contributed by atoms with E-state index in [4.69, 9.17) is 9.15 Å². The second kappa shape index (κ2) is 12.7. The summed E-state index contributed by atoms with van der Waals surface area (Å²) in [6.07, 6.45) is 8.03. The van der Waals surface area contributed by atoms with Crippen LogP contribution in [0.25, 0.3) is 0 Å². The van der Waals surface area contributed by atoms with Crippen LogP contribution >= 0.6 is 0 Å². The van der Waals surface area contributed by atoms with Crippen molar-refractivity contribution in [2.45, 2.75) is 50.7 Å². The monoisotopic (exact) mass is 514 g/mol. The normalized spacial score (nSPS) is 16.3. The molecule has 3 aromatic rings. The van der Waals surface area contributed by atoms with Crippen LogP contribution in [-0.2, 0) is 23.3 Å². The number of rotatable bonds is 11. The third kappa shape index (κ3) is 7.10. The van der Waals surface area contributed by atoms with Crippen LogP contribution in [0.2, 0.25) is 0 Å². The van der Waals surface area contributed by atoms with Gasteiger partial charge in [0, 0.05) is 5.92 Å². The summed E-state index contributed by atoms with van der Waals surface area (Å²) in [5.74, 6) is 1.58. The van der Waals surface area contributed by atoms with Crippen molar-refractivity contribution >= 4 is 0 Å². The number of phenolic OH excluding ortho intramolecular Hbond substituents is 1. The molecule has 1 heterocycles. The molecule has 196 valence electrons. The number of aromatic hydroxyl groups is 1. The Morgan fingerprint density at radius 2 is 1.69 bits per heavy atom. The molecule has 1 aromatic heterocycles. The van der Waals surface area contributed by atoms with E-state index in [2.05, 4.69) is 19.1 Å². The van der Waals surface area contributed by atoms with Gasteiger partial charge in [0.1, 0.15) is 18.8 Å². The number of nitrogens with zero attached hydrogens (tertiary/aromatic N) is 2. The van der Waals surface area contributed by atoms with E-state index >= 15 is 0 Å². The molecular formula is C29H39ClN2O4. The minimum atomic E-state index is -1.20. The Labute approximate surface area is 220 Å². The predicted molar refractivity (Wildman–Crippen MR) is 136 cm³/mol. The van der Waals surface area contributed by atoms with Gasteiger partial charge < -0.3 is 36.3 Å². The number of aromatic nitrogens is 1. The van der Waals surface area contributed by atoms with Crippen molar-refractivity contribution in [1.82, 2.24) is 4.98 Å². The Morgan fingerprint density at radius 1 is 1.00 bits per heavy atom. The summed E-state index contributed by atoms with van der Waals surface area (Å²) < 4.78 is 12.8. The highest BCUT2D eigenvalue weighted by Crippen LogP contribution is 2.43. The topological polar surface area (TPSA) is 75.7 Å². The molecule has 0 bridgehead atoms. The molecule has 0 saturated heterocycles. The lowest BCUT2D eigenvalue weighted by Crippen LogP contribution is -3.00. The SMILES string of the molecule is C[N+](C)(CCOCCc1ccc(O)cc1)Cc1cnc([C@](O)(c2ccccc2)C2CCCCC2)o1.[Cl-]. The average Bonchev–Trinajstić information content (AvgIpc) is 3.33. The van der Waals surface area contributed by atoms with Crippen LogP contribution in [0.4, 0.5) is 0 Å². The number of likely N-dealkylation sites (N-methyl/N-ethyl adjacent to an activating group) is 1. The van der Waals surface area contributed by atoms with Crippen LogP contribution in [0.3, 0.4) is 0 Å². The van der Waals surface area contributed by atoms with Crippen molar-refractivity contribution in [3.8, 4) is 5.75 Å². The Balaban J connectivity index is 0.00000361. The van der Waals surface area contributed by atoms with Crippen molar-refractivity contribution in [2.75, 3.05) is 33.9 Å². The van der Waals surface area contributed by atoms with E-state index in [0.29, 0.717) is 30.1 Å². The number of halogens is 1. The molecule has 1 saturated carbocycles. The number of benzene rings is 2. The van der Waals surface area contributed by atoms with E-state index in [9.17, 15) is 10.2 Å². The number of phenols is 1. The van der Waals surface area contributed by atoms with Crippen LogP contribution in [-0.4, -0.2) is 53.5 Å². The maximum absolute atomic E-state index is 12.0. The van der Waals surface area contributed by atoms with Crippen LogP contribution in [0, 0.1) is 5.92 Å². The second-order valence-electron chi connectivity index (χ2n) is 10.4. The quantitative estimate of drug-likeness (QED) is 0.302. The zero-order chi connectivity index (χ0) is 24.7. The van der Waals surface area contributed by atoms with Crippen LogP contribution in [0.15, 0.2) is 65.2 Å². The van der Waals surface area contributed by atoms with Crippen molar-refractivity contribution in [3.63, 3.8) is 0 Å². The maximum atomic E-state index is 12.0. The molecular weight excluding hydrogens is 476 g/mol. The summed E-state index contributed by atoms with van der Waals surface area (Å²) in [4.78, 5) is 4.60. The van der Waals surface area contributed by atoms with Gasteiger partial charge in [-0.05, 0) is 42.5 Å². The van der Waals surface area contributed by atoms with Gasteiger partial charge in [0.05, 0.1) is 33.5 Å². The van der Waals surface area contributed by atoms with Gasteiger partial charge in [-0.25, -0.2) is 4.98 Å². The molecule has 2 N–H and O–H groups in total. The maximum Gasteiger partial charge on any atom is 0.231 e. The summed E-state index contributed by atoms with van der Waals surface area (Å²) in [7, 11) is 4.30. The van der Waals surface area contributed by atoms with E-state index < -0.39 is 5.60 Å². The van der Waals surface area contributed by atoms with Crippen LogP contribution in [0.5, 0.6) is 5.75 Å². The number of aliphatic hydroxyl groups is 1. The number of hydrogen-bond acceptors (Lipinski definition) is 5. The fourth-order valence-corrected chi connectivity index (χ4v) is 5.07. The molecule has 1 atom stereocenters. The Kier molecular flexibility index (Phi) is 9.97. The number of ether oxygens (including phenoxy) is 1. The van der Waals surface area contributed by atoms with Gasteiger partial charge in [0.2, 0.25) is 5.89 Å². The lowest BCUT2D eigenvalue weighted by Gasteiger charge is -2.36. The smallest absolute Gasteiger partial charge is 0.231 e. The summed E-state index contributed by atoms with van der Waals surface area (Å²) in [6.45, 7) is 2.78. The largest absolute Gasteiger partial charge is 1.00 e. The van der Waals surface area contributed by atoms with Gasteiger partial charge in [-0.2, -0.15) is 0 Å². The lowest BCUT2D eigenvalue weighted by atomic mass is 9.73. The van der Waals surface area contributed by atoms with E-state index in [1.165, 1.54) is 6.42 Å². The van der Waals surface area contributed by atoms with E-state index in [1.807, 2.05) is 42.5 Å². The van der Waals surface area contributed by atoms with Gasteiger partial charge in [0.15, 0.2) is 11.4 Å². The molecule has 1 aliphatic carbocycles.